The number of hydrogen-bond donors (Lipinski definition) is 1. The Labute approximate surface area is 129 Å². The van der Waals surface area contributed by atoms with Crippen LogP contribution in [0.1, 0.15) is 43.8 Å². The summed E-state index contributed by atoms with van der Waals surface area (Å²) < 4.78 is 29.3. The summed E-state index contributed by atoms with van der Waals surface area (Å²) in [6, 6.07) is 0. The van der Waals surface area contributed by atoms with E-state index in [2.05, 4.69) is 14.8 Å². The molecule has 6 nitrogen and oxygen atoms in total. The average Bonchev–Trinajstić information content (AvgIpc) is 2.93. The summed E-state index contributed by atoms with van der Waals surface area (Å²) in [5.41, 5.74) is 2.03. The number of aryl methyl sites for hydroxylation is 2. The van der Waals surface area contributed by atoms with Crippen LogP contribution in [0.3, 0.4) is 0 Å². The number of nitrogens with one attached hydrogen (secondary N) is 1. The second-order valence-electron chi connectivity index (χ2n) is 5.15. The van der Waals surface area contributed by atoms with Gasteiger partial charge in [-0.05, 0) is 26.7 Å². The van der Waals surface area contributed by atoms with Crippen molar-refractivity contribution in [2.75, 3.05) is 4.72 Å². The zero-order valence-electron chi connectivity index (χ0n) is 12.8. The van der Waals surface area contributed by atoms with Crippen LogP contribution in [0.5, 0.6) is 0 Å². The van der Waals surface area contributed by atoms with Crippen LogP contribution in [0.2, 0.25) is 0 Å². The Balaban J connectivity index is 2.36. The van der Waals surface area contributed by atoms with Gasteiger partial charge in [-0.25, -0.2) is 13.4 Å². The minimum Gasteiger partial charge on any atom is -0.268 e. The van der Waals surface area contributed by atoms with Crippen molar-refractivity contribution in [2.45, 2.75) is 52.0 Å². The summed E-state index contributed by atoms with van der Waals surface area (Å²) in [6.45, 7) is 10.1. The first-order valence-electron chi connectivity index (χ1n) is 6.78. The van der Waals surface area contributed by atoms with E-state index in [4.69, 9.17) is 0 Å². The van der Waals surface area contributed by atoms with E-state index < -0.39 is 10.0 Å². The number of nitrogens with zero attached hydrogens (tertiary/aromatic N) is 3. The van der Waals surface area contributed by atoms with Crippen LogP contribution in [0.25, 0.3) is 0 Å². The molecule has 2 rings (SSSR count). The van der Waals surface area contributed by atoms with Crippen molar-refractivity contribution in [1.29, 1.82) is 0 Å². The molecule has 1 N–H and O–H groups in total. The highest BCUT2D eigenvalue weighted by Crippen LogP contribution is 2.26. The fraction of sp³-hybridized carbons (Fsp3) is 0.538. The van der Waals surface area contributed by atoms with Crippen molar-refractivity contribution in [3.63, 3.8) is 0 Å². The maximum absolute atomic E-state index is 12.6. The quantitative estimate of drug-likeness (QED) is 0.915. The number of rotatable bonds is 5. The third kappa shape index (κ3) is 3.11. The van der Waals surface area contributed by atoms with Gasteiger partial charge in [0.05, 0.1) is 17.1 Å². The predicted octanol–water partition coefficient (Wildman–Crippen LogP) is 2.90. The van der Waals surface area contributed by atoms with Gasteiger partial charge in [0.15, 0.2) is 5.13 Å². The highest BCUT2D eigenvalue weighted by Gasteiger charge is 2.25. The standard InChI is InChI=1S/C13H20N4O2S2/c1-6-17-10(5)12(9(4)15-17)21(18,19)16-13-14-11(7-20-13)8(2)3/h7-8H,6H2,1-5H3,(H,14,16). The molecular weight excluding hydrogens is 308 g/mol. The van der Waals surface area contributed by atoms with Crippen LogP contribution in [0.4, 0.5) is 5.13 Å². The molecule has 0 fully saturated rings. The molecule has 2 aromatic rings. The molecule has 8 heteroatoms. The predicted molar refractivity (Wildman–Crippen MR) is 84.4 cm³/mol. The van der Waals surface area contributed by atoms with Crippen LogP contribution < -0.4 is 4.72 Å². The molecule has 0 aliphatic carbocycles. The highest BCUT2D eigenvalue weighted by atomic mass is 32.2. The maximum Gasteiger partial charge on any atom is 0.267 e. The van der Waals surface area contributed by atoms with E-state index in [9.17, 15) is 8.42 Å². The minimum absolute atomic E-state index is 0.241. The molecule has 0 unspecified atom stereocenters. The third-order valence-electron chi connectivity index (χ3n) is 3.22. The van der Waals surface area contributed by atoms with E-state index in [-0.39, 0.29) is 10.8 Å². The Hall–Kier alpha value is -1.41. The molecule has 2 heterocycles. The molecule has 0 aliphatic heterocycles. The summed E-state index contributed by atoms with van der Waals surface area (Å²) >= 11 is 1.30. The fourth-order valence-corrected chi connectivity index (χ4v) is 4.68. The smallest absolute Gasteiger partial charge is 0.267 e. The first-order chi connectivity index (χ1) is 9.76. The molecule has 0 atom stereocenters. The molecule has 0 spiro atoms. The van der Waals surface area contributed by atoms with Crippen molar-refractivity contribution in [3.05, 3.63) is 22.5 Å². The highest BCUT2D eigenvalue weighted by molar-refractivity contribution is 7.93. The van der Waals surface area contributed by atoms with E-state index in [0.717, 1.165) is 5.69 Å². The van der Waals surface area contributed by atoms with E-state index in [1.54, 1.807) is 18.5 Å². The average molecular weight is 328 g/mol. The van der Waals surface area contributed by atoms with E-state index in [1.807, 2.05) is 26.2 Å². The number of sulfonamides is 1. The molecule has 0 saturated heterocycles. The van der Waals surface area contributed by atoms with E-state index in [0.29, 0.717) is 23.1 Å². The zero-order chi connectivity index (χ0) is 15.8. The van der Waals surface area contributed by atoms with Gasteiger partial charge < -0.3 is 0 Å². The number of aromatic nitrogens is 3. The van der Waals surface area contributed by atoms with Crippen LogP contribution in [0.15, 0.2) is 10.3 Å². The molecule has 21 heavy (non-hydrogen) atoms. The monoisotopic (exact) mass is 328 g/mol. The Morgan fingerprint density at radius 3 is 2.52 bits per heavy atom. The van der Waals surface area contributed by atoms with Crippen LogP contribution in [0, 0.1) is 13.8 Å². The molecule has 0 bridgehead atoms. The molecule has 0 amide bonds. The summed E-state index contributed by atoms with van der Waals surface area (Å²) in [7, 11) is -3.66. The molecule has 0 saturated carbocycles. The first-order valence-corrected chi connectivity index (χ1v) is 9.14. The summed E-state index contributed by atoms with van der Waals surface area (Å²) in [5, 5.41) is 6.51. The normalized spacial score (nSPS) is 12.1. The second-order valence-corrected chi connectivity index (χ2v) is 7.63. The van der Waals surface area contributed by atoms with Crippen LogP contribution in [-0.2, 0) is 16.6 Å². The summed E-state index contributed by atoms with van der Waals surface area (Å²) in [4.78, 5) is 4.55. The van der Waals surface area contributed by atoms with Crippen molar-refractivity contribution < 1.29 is 8.42 Å². The van der Waals surface area contributed by atoms with Gasteiger partial charge in [0, 0.05) is 11.9 Å². The van der Waals surface area contributed by atoms with Gasteiger partial charge in [-0.3, -0.25) is 9.40 Å². The summed E-state index contributed by atoms with van der Waals surface area (Å²) in [5.74, 6) is 0.269. The second kappa shape index (κ2) is 5.76. The Kier molecular flexibility index (Phi) is 4.38. The van der Waals surface area contributed by atoms with Crippen molar-refractivity contribution in [2.24, 2.45) is 0 Å². The van der Waals surface area contributed by atoms with E-state index >= 15 is 0 Å². The number of thiazole rings is 1. The SMILES string of the molecule is CCn1nc(C)c(S(=O)(=O)Nc2nc(C(C)C)cs2)c1C. The van der Waals surface area contributed by atoms with Crippen molar-refractivity contribution in [1.82, 2.24) is 14.8 Å². The summed E-state index contributed by atoms with van der Waals surface area (Å²) in [6.07, 6.45) is 0. The topological polar surface area (TPSA) is 76.9 Å². The molecule has 2 aromatic heterocycles. The Morgan fingerprint density at radius 2 is 2.05 bits per heavy atom. The van der Waals surface area contributed by atoms with Gasteiger partial charge >= 0.3 is 0 Å². The van der Waals surface area contributed by atoms with Crippen LogP contribution in [-0.4, -0.2) is 23.2 Å². The number of hydrogen-bond acceptors (Lipinski definition) is 5. The minimum atomic E-state index is -3.66. The lowest BCUT2D eigenvalue weighted by atomic mass is 10.2. The lowest BCUT2D eigenvalue weighted by Crippen LogP contribution is -2.15. The Morgan fingerprint density at radius 1 is 1.38 bits per heavy atom. The largest absolute Gasteiger partial charge is 0.268 e. The number of anilines is 1. The van der Waals surface area contributed by atoms with Gasteiger partial charge in [0.25, 0.3) is 10.0 Å². The van der Waals surface area contributed by atoms with Crippen molar-refractivity contribution in [3.8, 4) is 0 Å². The molecule has 0 radical (unpaired) electrons. The first kappa shape index (κ1) is 16.0. The van der Waals surface area contributed by atoms with Gasteiger partial charge in [-0.1, -0.05) is 13.8 Å². The van der Waals surface area contributed by atoms with E-state index in [1.165, 1.54) is 11.3 Å². The zero-order valence-corrected chi connectivity index (χ0v) is 14.5. The molecule has 116 valence electrons. The Bertz CT molecular complexity index is 744. The van der Waals surface area contributed by atoms with Gasteiger partial charge in [-0.15, -0.1) is 11.3 Å². The maximum atomic E-state index is 12.6. The van der Waals surface area contributed by atoms with Gasteiger partial charge in [0.2, 0.25) is 0 Å². The fourth-order valence-electron chi connectivity index (χ4n) is 2.14. The molecular formula is C13H20N4O2S2. The van der Waals surface area contributed by atoms with Gasteiger partial charge in [0.1, 0.15) is 4.90 Å². The van der Waals surface area contributed by atoms with Crippen molar-refractivity contribution >= 4 is 26.5 Å². The van der Waals surface area contributed by atoms with Crippen LogP contribution >= 0.6 is 11.3 Å². The lowest BCUT2D eigenvalue weighted by molar-refractivity contribution is 0.598. The lowest BCUT2D eigenvalue weighted by Gasteiger charge is -2.06. The van der Waals surface area contributed by atoms with Gasteiger partial charge in [-0.2, -0.15) is 5.10 Å². The third-order valence-corrected chi connectivity index (χ3v) is 5.71. The molecule has 0 aromatic carbocycles. The molecule has 0 aliphatic rings.